The van der Waals surface area contributed by atoms with E-state index < -0.39 is 0 Å². The molecule has 0 spiro atoms. The molecule has 3 heteroatoms. The lowest BCUT2D eigenvalue weighted by Crippen LogP contribution is -1.96. The number of benzene rings is 1. The highest BCUT2D eigenvalue weighted by molar-refractivity contribution is 5.74. The molecule has 3 nitrogen and oxygen atoms in total. The molecule has 0 radical (unpaired) electrons. The zero-order valence-corrected chi connectivity index (χ0v) is 7.13. The molecule has 64 valence electrons. The van der Waals surface area contributed by atoms with E-state index in [-0.39, 0.29) is 0 Å². The van der Waals surface area contributed by atoms with Crippen molar-refractivity contribution in [1.82, 2.24) is 0 Å². The smallest absolute Gasteiger partial charge is 0.211 e. The summed E-state index contributed by atoms with van der Waals surface area (Å²) in [4.78, 5) is 10.2. The molecule has 1 aromatic rings. The summed E-state index contributed by atoms with van der Waals surface area (Å²) >= 11 is 0. The standard InChI is InChI=1S/C9H11NO2/c1-7-3-4-8(12-2)5-9(7)10-6-11/h3-6H,1-2H3,(H,10,11). The van der Waals surface area contributed by atoms with Crippen LogP contribution in [0.2, 0.25) is 0 Å². The van der Waals surface area contributed by atoms with Gasteiger partial charge in [0.2, 0.25) is 6.41 Å². The van der Waals surface area contributed by atoms with E-state index in [1.165, 1.54) is 0 Å². The zero-order valence-electron chi connectivity index (χ0n) is 7.13. The summed E-state index contributed by atoms with van der Waals surface area (Å²) in [5.41, 5.74) is 1.80. The van der Waals surface area contributed by atoms with Gasteiger partial charge in [-0.3, -0.25) is 4.79 Å². The van der Waals surface area contributed by atoms with E-state index in [1.54, 1.807) is 13.2 Å². The number of hydrogen-bond acceptors (Lipinski definition) is 2. The van der Waals surface area contributed by atoms with Gasteiger partial charge in [0.15, 0.2) is 0 Å². The molecule has 0 atom stereocenters. The largest absolute Gasteiger partial charge is 0.497 e. The first-order chi connectivity index (χ1) is 5.77. The molecular formula is C9H11NO2. The van der Waals surface area contributed by atoms with Crippen LogP contribution >= 0.6 is 0 Å². The second-order valence-corrected chi connectivity index (χ2v) is 2.44. The van der Waals surface area contributed by atoms with Crippen molar-refractivity contribution in [1.29, 1.82) is 0 Å². The average Bonchev–Trinajstić information content (AvgIpc) is 2.09. The quantitative estimate of drug-likeness (QED) is 0.690. The number of nitrogens with one attached hydrogen (secondary N) is 1. The van der Waals surface area contributed by atoms with Crippen molar-refractivity contribution in [3.05, 3.63) is 23.8 Å². The van der Waals surface area contributed by atoms with Gasteiger partial charge in [-0.2, -0.15) is 0 Å². The fraction of sp³-hybridized carbons (Fsp3) is 0.222. The molecule has 1 aromatic carbocycles. The molecular weight excluding hydrogens is 154 g/mol. The van der Waals surface area contributed by atoms with Gasteiger partial charge in [-0.1, -0.05) is 6.07 Å². The Morgan fingerprint density at radius 1 is 1.50 bits per heavy atom. The van der Waals surface area contributed by atoms with E-state index in [2.05, 4.69) is 5.32 Å². The molecule has 1 N–H and O–H groups in total. The Morgan fingerprint density at radius 3 is 2.83 bits per heavy atom. The van der Waals surface area contributed by atoms with Gasteiger partial charge in [-0.05, 0) is 18.6 Å². The monoisotopic (exact) mass is 165 g/mol. The Morgan fingerprint density at radius 2 is 2.25 bits per heavy atom. The highest BCUT2D eigenvalue weighted by atomic mass is 16.5. The molecule has 0 aliphatic rings. The van der Waals surface area contributed by atoms with Crippen molar-refractivity contribution < 1.29 is 9.53 Å². The summed E-state index contributed by atoms with van der Waals surface area (Å²) < 4.78 is 5.00. The molecule has 0 saturated carbocycles. The van der Waals surface area contributed by atoms with Crippen LogP contribution in [0.4, 0.5) is 5.69 Å². The van der Waals surface area contributed by atoms with Gasteiger partial charge < -0.3 is 10.1 Å². The second kappa shape index (κ2) is 3.76. The van der Waals surface area contributed by atoms with Crippen molar-refractivity contribution in [3.63, 3.8) is 0 Å². The van der Waals surface area contributed by atoms with Crippen LogP contribution in [0.5, 0.6) is 5.75 Å². The minimum Gasteiger partial charge on any atom is -0.497 e. The lowest BCUT2D eigenvalue weighted by molar-refractivity contribution is -0.105. The molecule has 0 aliphatic carbocycles. The number of carbonyl (C=O) groups is 1. The van der Waals surface area contributed by atoms with Crippen LogP contribution in [0.1, 0.15) is 5.56 Å². The fourth-order valence-corrected chi connectivity index (χ4v) is 0.947. The summed E-state index contributed by atoms with van der Waals surface area (Å²) in [6, 6.07) is 5.53. The normalized spacial score (nSPS) is 9.17. The summed E-state index contributed by atoms with van der Waals surface area (Å²) in [5.74, 6) is 0.741. The predicted molar refractivity (Wildman–Crippen MR) is 47.4 cm³/mol. The molecule has 0 saturated heterocycles. The van der Waals surface area contributed by atoms with Crippen molar-refractivity contribution in [2.24, 2.45) is 0 Å². The molecule has 1 rings (SSSR count). The maximum atomic E-state index is 10.2. The van der Waals surface area contributed by atoms with Gasteiger partial charge in [0, 0.05) is 11.8 Å². The van der Waals surface area contributed by atoms with E-state index in [1.807, 2.05) is 19.1 Å². The lowest BCUT2D eigenvalue weighted by atomic mass is 10.2. The minimum atomic E-state index is 0.655. The third-order valence-corrected chi connectivity index (χ3v) is 1.66. The lowest BCUT2D eigenvalue weighted by Gasteiger charge is -2.05. The fourth-order valence-electron chi connectivity index (χ4n) is 0.947. The topological polar surface area (TPSA) is 38.3 Å². The highest BCUT2D eigenvalue weighted by Crippen LogP contribution is 2.20. The first-order valence-electron chi connectivity index (χ1n) is 3.62. The second-order valence-electron chi connectivity index (χ2n) is 2.44. The van der Waals surface area contributed by atoms with Gasteiger partial charge in [-0.15, -0.1) is 0 Å². The number of anilines is 1. The Kier molecular flexibility index (Phi) is 2.69. The summed E-state index contributed by atoms with van der Waals surface area (Å²) in [5, 5.41) is 2.59. The van der Waals surface area contributed by atoms with E-state index in [0.717, 1.165) is 17.0 Å². The Balaban J connectivity index is 2.99. The summed E-state index contributed by atoms with van der Waals surface area (Å²) in [6.07, 6.45) is 0.655. The highest BCUT2D eigenvalue weighted by Gasteiger charge is 1.98. The SMILES string of the molecule is COc1ccc(C)c(NC=O)c1. The van der Waals surface area contributed by atoms with Crippen molar-refractivity contribution in [2.75, 3.05) is 12.4 Å². The molecule has 0 aromatic heterocycles. The molecule has 0 heterocycles. The van der Waals surface area contributed by atoms with E-state index in [9.17, 15) is 4.79 Å². The maximum absolute atomic E-state index is 10.2. The van der Waals surface area contributed by atoms with E-state index in [4.69, 9.17) is 4.74 Å². The maximum Gasteiger partial charge on any atom is 0.211 e. The van der Waals surface area contributed by atoms with Crippen molar-refractivity contribution >= 4 is 12.1 Å². The van der Waals surface area contributed by atoms with Gasteiger partial charge in [0.25, 0.3) is 0 Å². The van der Waals surface area contributed by atoms with Crippen molar-refractivity contribution in [2.45, 2.75) is 6.92 Å². The number of carbonyl (C=O) groups excluding carboxylic acids is 1. The zero-order chi connectivity index (χ0) is 8.97. The van der Waals surface area contributed by atoms with Gasteiger partial charge in [0.05, 0.1) is 7.11 Å². The molecule has 1 amide bonds. The Bertz CT molecular complexity index is 284. The van der Waals surface area contributed by atoms with Crippen LogP contribution in [0.25, 0.3) is 0 Å². The molecule has 0 bridgehead atoms. The third kappa shape index (κ3) is 1.75. The number of rotatable bonds is 3. The molecule has 0 unspecified atom stereocenters. The number of amides is 1. The van der Waals surface area contributed by atoms with Gasteiger partial charge >= 0.3 is 0 Å². The predicted octanol–water partition coefficient (Wildman–Crippen LogP) is 1.57. The number of methoxy groups -OCH3 is 1. The first-order valence-corrected chi connectivity index (χ1v) is 3.62. The number of aryl methyl sites for hydroxylation is 1. The van der Waals surface area contributed by atoms with Gasteiger partial charge in [0.1, 0.15) is 5.75 Å². The minimum absolute atomic E-state index is 0.655. The van der Waals surface area contributed by atoms with Crippen LogP contribution < -0.4 is 10.1 Å². The average molecular weight is 165 g/mol. The van der Waals surface area contributed by atoms with Crippen LogP contribution in [0, 0.1) is 6.92 Å². The van der Waals surface area contributed by atoms with E-state index in [0.29, 0.717) is 6.41 Å². The van der Waals surface area contributed by atoms with Crippen LogP contribution in [-0.4, -0.2) is 13.5 Å². The Hall–Kier alpha value is -1.51. The number of ether oxygens (including phenoxy) is 1. The van der Waals surface area contributed by atoms with Crippen molar-refractivity contribution in [3.8, 4) is 5.75 Å². The summed E-state index contributed by atoms with van der Waals surface area (Å²) in [6.45, 7) is 1.92. The van der Waals surface area contributed by atoms with Gasteiger partial charge in [-0.25, -0.2) is 0 Å². The van der Waals surface area contributed by atoms with Crippen LogP contribution in [0.3, 0.4) is 0 Å². The summed E-state index contributed by atoms with van der Waals surface area (Å²) in [7, 11) is 1.59. The van der Waals surface area contributed by atoms with Crippen LogP contribution in [0.15, 0.2) is 18.2 Å². The number of hydrogen-bond donors (Lipinski definition) is 1. The first kappa shape index (κ1) is 8.59. The Labute approximate surface area is 71.4 Å². The third-order valence-electron chi connectivity index (χ3n) is 1.66. The molecule has 12 heavy (non-hydrogen) atoms. The molecule has 0 fully saturated rings. The molecule has 0 aliphatic heterocycles. The van der Waals surface area contributed by atoms with E-state index >= 15 is 0 Å². The van der Waals surface area contributed by atoms with Crippen LogP contribution in [-0.2, 0) is 4.79 Å².